The number of halogens is 1. The Morgan fingerprint density at radius 1 is 1.24 bits per heavy atom. The molecule has 1 aliphatic heterocycles. The Hall–Kier alpha value is -3.04. The zero-order valence-corrected chi connectivity index (χ0v) is 20.4. The van der Waals surface area contributed by atoms with Crippen LogP contribution in [0.5, 0.6) is 5.75 Å². The van der Waals surface area contributed by atoms with Gasteiger partial charge in [-0.05, 0) is 60.0 Å². The lowest BCUT2D eigenvalue weighted by Gasteiger charge is -2.17. The molecule has 5 rings (SSSR count). The number of hydrogen-bond donors (Lipinski definition) is 0. The molecule has 8 nitrogen and oxygen atoms in total. The standard InChI is InChI=1S/C24H25BrN6O2/c1-15-28-23(27-14-30(2)3)20-8-9-31(24(20)29-15)22-7-6-19(33-22)13-32-18-5-4-16-10-17(25)12-26-21(16)11-18/h4-5,8-12,14,19,22H,6-7,13H2,1-3H3/t19-,22?/m0/s1. The molecule has 1 aromatic carbocycles. The molecule has 170 valence electrons. The fourth-order valence-electron chi connectivity index (χ4n) is 3.99. The summed E-state index contributed by atoms with van der Waals surface area (Å²) in [4.78, 5) is 20.0. The van der Waals surface area contributed by atoms with E-state index in [2.05, 4.69) is 40.4 Å². The number of fused-ring (bicyclic) bond motifs is 2. The summed E-state index contributed by atoms with van der Waals surface area (Å²) in [5.74, 6) is 2.14. The number of pyridine rings is 1. The third kappa shape index (κ3) is 4.69. The van der Waals surface area contributed by atoms with Crippen LogP contribution in [-0.4, -0.2) is 57.6 Å². The average molecular weight is 509 g/mol. The van der Waals surface area contributed by atoms with Crippen LogP contribution in [0.3, 0.4) is 0 Å². The highest BCUT2D eigenvalue weighted by Crippen LogP contribution is 2.33. The molecule has 0 saturated carbocycles. The molecule has 3 aromatic heterocycles. The Kier molecular flexibility index (Phi) is 5.99. The first-order valence-electron chi connectivity index (χ1n) is 10.9. The van der Waals surface area contributed by atoms with E-state index in [0.717, 1.165) is 45.0 Å². The molecule has 1 unspecified atom stereocenters. The SMILES string of the molecule is Cc1nc(N=CN(C)C)c2ccn(C3CC[C@@H](COc4ccc5cc(Br)cnc5c4)O3)c2n1. The van der Waals surface area contributed by atoms with Gasteiger partial charge in [-0.1, -0.05) is 0 Å². The molecule has 9 heteroatoms. The third-order valence-corrected chi connectivity index (χ3v) is 5.96. The fourth-order valence-corrected chi connectivity index (χ4v) is 4.34. The Morgan fingerprint density at radius 2 is 2.12 bits per heavy atom. The van der Waals surface area contributed by atoms with Gasteiger partial charge in [-0.25, -0.2) is 15.0 Å². The van der Waals surface area contributed by atoms with Crippen LogP contribution in [0.15, 0.2) is 52.2 Å². The lowest BCUT2D eigenvalue weighted by molar-refractivity contribution is -0.0156. The summed E-state index contributed by atoms with van der Waals surface area (Å²) >= 11 is 3.46. The summed E-state index contributed by atoms with van der Waals surface area (Å²) in [7, 11) is 3.87. The zero-order chi connectivity index (χ0) is 22.9. The van der Waals surface area contributed by atoms with E-state index in [0.29, 0.717) is 18.2 Å². The van der Waals surface area contributed by atoms with Gasteiger partial charge in [0.05, 0.1) is 23.3 Å². The minimum Gasteiger partial charge on any atom is -0.491 e. The monoisotopic (exact) mass is 508 g/mol. The maximum Gasteiger partial charge on any atom is 0.166 e. The van der Waals surface area contributed by atoms with Gasteiger partial charge in [-0.3, -0.25) is 4.98 Å². The number of aromatic nitrogens is 4. The van der Waals surface area contributed by atoms with Gasteiger partial charge < -0.3 is 18.9 Å². The number of ether oxygens (including phenoxy) is 2. The maximum atomic E-state index is 6.33. The van der Waals surface area contributed by atoms with Crippen LogP contribution in [0.25, 0.3) is 21.9 Å². The molecule has 0 N–H and O–H groups in total. The number of rotatable bonds is 6. The number of aryl methyl sites for hydroxylation is 1. The quantitative estimate of drug-likeness (QED) is 0.268. The average Bonchev–Trinajstić information content (AvgIpc) is 3.42. The van der Waals surface area contributed by atoms with Crippen molar-refractivity contribution in [3.05, 3.63) is 53.0 Å². The molecule has 0 amide bonds. The van der Waals surface area contributed by atoms with Crippen molar-refractivity contribution in [2.24, 2.45) is 4.99 Å². The number of aliphatic imine (C=N–C) groups is 1. The van der Waals surface area contributed by atoms with E-state index < -0.39 is 0 Å². The van der Waals surface area contributed by atoms with Crippen molar-refractivity contribution in [3.8, 4) is 5.75 Å². The van der Waals surface area contributed by atoms with Crippen molar-refractivity contribution in [1.29, 1.82) is 0 Å². The Bertz CT molecular complexity index is 1340. The second-order valence-corrected chi connectivity index (χ2v) is 9.29. The van der Waals surface area contributed by atoms with Crippen LogP contribution in [-0.2, 0) is 4.74 Å². The molecular formula is C24H25BrN6O2. The minimum atomic E-state index is -0.0910. The van der Waals surface area contributed by atoms with Gasteiger partial charge in [0, 0.05) is 42.4 Å². The molecule has 0 spiro atoms. The van der Waals surface area contributed by atoms with E-state index in [1.54, 1.807) is 12.5 Å². The molecule has 33 heavy (non-hydrogen) atoms. The van der Waals surface area contributed by atoms with Crippen LogP contribution >= 0.6 is 15.9 Å². The summed E-state index contributed by atoms with van der Waals surface area (Å²) in [5, 5.41) is 1.98. The van der Waals surface area contributed by atoms with Gasteiger partial charge in [0.25, 0.3) is 0 Å². The van der Waals surface area contributed by atoms with Gasteiger partial charge in [0.1, 0.15) is 30.1 Å². The Labute approximate surface area is 200 Å². The van der Waals surface area contributed by atoms with Crippen molar-refractivity contribution < 1.29 is 9.47 Å². The number of benzene rings is 1. The highest BCUT2D eigenvalue weighted by Gasteiger charge is 2.28. The molecule has 1 saturated heterocycles. The smallest absolute Gasteiger partial charge is 0.166 e. The zero-order valence-electron chi connectivity index (χ0n) is 18.8. The molecule has 1 fully saturated rings. The molecular weight excluding hydrogens is 484 g/mol. The summed E-state index contributed by atoms with van der Waals surface area (Å²) in [6.45, 7) is 2.37. The van der Waals surface area contributed by atoms with E-state index in [-0.39, 0.29) is 12.3 Å². The normalized spacial score (nSPS) is 18.5. The summed E-state index contributed by atoms with van der Waals surface area (Å²) < 4.78 is 15.4. The maximum absolute atomic E-state index is 6.33. The molecule has 4 aromatic rings. The summed E-state index contributed by atoms with van der Waals surface area (Å²) in [6, 6.07) is 10.00. The van der Waals surface area contributed by atoms with Crippen LogP contribution in [0, 0.1) is 6.92 Å². The van der Waals surface area contributed by atoms with Crippen molar-refractivity contribution >= 4 is 50.0 Å². The first kappa shape index (κ1) is 21.8. The first-order chi connectivity index (χ1) is 16.0. The highest BCUT2D eigenvalue weighted by atomic mass is 79.9. The number of nitrogens with zero attached hydrogens (tertiary/aromatic N) is 6. The van der Waals surface area contributed by atoms with Crippen molar-refractivity contribution in [1.82, 2.24) is 24.4 Å². The third-order valence-electron chi connectivity index (χ3n) is 5.53. The first-order valence-corrected chi connectivity index (χ1v) is 11.6. The fraction of sp³-hybridized carbons (Fsp3) is 0.333. The second kappa shape index (κ2) is 9.07. The molecule has 1 aliphatic rings. The largest absolute Gasteiger partial charge is 0.491 e. The van der Waals surface area contributed by atoms with Crippen molar-refractivity contribution in [3.63, 3.8) is 0 Å². The number of hydrogen-bond acceptors (Lipinski definition) is 6. The summed E-state index contributed by atoms with van der Waals surface area (Å²) in [6.07, 6.45) is 7.28. The second-order valence-electron chi connectivity index (χ2n) is 8.37. The van der Waals surface area contributed by atoms with Gasteiger partial charge in [0.15, 0.2) is 5.82 Å². The van der Waals surface area contributed by atoms with E-state index in [1.165, 1.54) is 0 Å². The predicted molar refractivity (Wildman–Crippen MR) is 132 cm³/mol. The molecule has 0 radical (unpaired) electrons. The van der Waals surface area contributed by atoms with Gasteiger partial charge >= 0.3 is 0 Å². The highest BCUT2D eigenvalue weighted by molar-refractivity contribution is 9.10. The van der Waals surface area contributed by atoms with Gasteiger partial charge in [-0.2, -0.15) is 0 Å². The Balaban J connectivity index is 1.29. The Morgan fingerprint density at radius 3 is 2.97 bits per heavy atom. The lowest BCUT2D eigenvalue weighted by atomic mass is 10.2. The lowest BCUT2D eigenvalue weighted by Crippen LogP contribution is -2.18. The van der Waals surface area contributed by atoms with Crippen molar-refractivity contribution in [2.45, 2.75) is 32.1 Å². The molecule has 2 atom stereocenters. The van der Waals surface area contributed by atoms with Crippen LogP contribution in [0.2, 0.25) is 0 Å². The molecule has 0 aliphatic carbocycles. The van der Waals surface area contributed by atoms with E-state index >= 15 is 0 Å². The van der Waals surface area contributed by atoms with Gasteiger partial charge in [-0.15, -0.1) is 0 Å². The van der Waals surface area contributed by atoms with Gasteiger partial charge in [0.2, 0.25) is 0 Å². The molecule has 4 heterocycles. The van der Waals surface area contributed by atoms with Crippen LogP contribution < -0.4 is 4.74 Å². The van der Waals surface area contributed by atoms with Crippen LogP contribution in [0.1, 0.15) is 24.9 Å². The topological polar surface area (TPSA) is 77.7 Å². The summed E-state index contributed by atoms with van der Waals surface area (Å²) in [5.41, 5.74) is 1.74. The van der Waals surface area contributed by atoms with Crippen LogP contribution in [0.4, 0.5) is 5.82 Å². The van der Waals surface area contributed by atoms with E-state index in [9.17, 15) is 0 Å². The van der Waals surface area contributed by atoms with E-state index in [1.807, 2.05) is 62.4 Å². The predicted octanol–water partition coefficient (Wildman–Crippen LogP) is 5.03. The van der Waals surface area contributed by atoms with Crippen molar-refractivity contribution in [2.75, 3.05) is 20.7 Å². The van der Waals surface area contributed by atoms with E-state index in [4.69, 9.17) is 9.47 Å². The minimum absolute atomic E-state index is 0.00944. The molecule has 0 bridgehead atoms.